The summed E-state index contributed by atoms with van der Waals surface area (Å²) in [6.07, 6.45) is 4.34. The van der Waals surface area contributed by atoms with Crippen LogP contribution in [0, 0.1) is 17.0 Å². The smallest absolute Gasteiger partial charge is 0.291 e. The molecule has 0 unspecified atom stereocenters. The molecule has 2 rings (SSSR count). The molecule has 0 aliphatic heterocycles. The van der Waals surface area contributed by atoms with Gasteiger partial charge < -0.3 is 5.32 Å². The lowest BCUT2D eigenvalue weighted by molar-refractivity contribution is -0.385. The first-order chi connectivity index (χ1) is 9.09. The van der Waals surface area contributed by atoms with Crippen LogP contribution in [0.2, 0.25) is 0 Å². The summed E-state index contributed by atoms with van der Waals surface area (Å²) in [7, 11) is 0. The van der Waals surface area contributed by atoms with E-state index in [9.17, 15) is 10.1 Å². The Hall–Kier alpha value is -2.09. The molecule has 0 aliphatic rings. The first-order valence-electron chi connectivity index (χ1n) is 5.38. The van der Waals surface area contributed by atoms with Gasteiger partial charge in [-0.2, -0.15) is 0 Å². The summed E-state index contributed by atoms with van der Waals surface area (Å²) in [6, 6.07) is 1.78. The second-order valence-corrected chi connectivity index (χ2v) is 4.54. The maximum atomic E-state index is 10.8. The van der Waals surface area contributed by atoms with Crippen molar-refractivity contribution in [3.63, 3.8) is 0 Å². The molecule has 0 fully saturated rings. The Balaban J connectivity index is 2.18. The third-order valence-corrected chi connectivity index (χ3v) is 3.48. The van der Waals surface area contributed by atoms with Crippen LogP contribution >= 0.6 is 15.9 Å². The van der Waals surface area contributed by atoms with Gasteiger partial charge in [-0.15, -0.1) is 0 Å². The van der Waals surface area contributed by atoms with Crippen LogP contribution in [0.5, 0.6) is 0 Å². The van der Waals surface area contributed by atoms with Crippen molar-refractivity contribution in [3.05, 3.63) is 50.6 Å². The molecule has 0 radical (unpaired) electrons. The highest BCUT2D eigenvalue weighted by Gasteiger charge is 2.16. The SMILES string of the molecule is Cc1c([N+](=O)[O-])cnc(NCc2ccncn2)c1Br. The summed E-state index contributed by atoms with van der Waals surface area (Å²) in [4.78, 5) is 22.2. The van der Waals surface area contributed by atoms with Crippen molar-refractivity contribution in [1.82, 2.24) is 15.0 Å². The number of pyridine rings is 1. The van der Waals surface area contributed by atoms with Gasteiger partial charge in [0.2, 0.25) is 0 Å². The molecule has 2 aromatic rings. The Labute approximate surface area is 117 Å². The first-order valence-corrected chi connectivity index (χ1v) is 6.17. The molecular formula is C11H10BrN5O2. The van der Waals surface area contributed by atoms with Gasteiger partial charge in [0, 0.05) is 11.8 Å². The molecule has 8 heteroatoms. The van der Waals surface area contributed by atoms with E-state index in [1.807, 2.05) is 0 Å². The zero-order chi connectivity index (χ0) is 13.8. The summed E-state index contributed by atoms with van der Waals surface area (Å²) < 4.78 is 0.579. The van der Waals surface area contributed by atoms with Gasteiger partial charge in [-0.1, -0.05) is 0 Å². The summed E-state index contributed by atoms with van der Waals surface area (Å²) in [5.41, 5.74) is 1.32. The van der Waals surface area contributed by atoms with Gasteiger partial charge in [0.1, 0.15) is 18.3 Å². The highest BCUT2D eigenvalue weighted by molar-refractivity contribution is 9.10. The molecule has 0 atom stereocenters. The Morgan fingerprint density at radius 1 is 1.47 bits per heavy atom. The van der Waals surface area contributed by atoms with Gasteiger partial charge in [-0.3, -0.25) is 10.1 Å². The van der Waals surface area contributed by atoms with E-state index in [-0.39, 0.29) is 5.69 Å². The lowest BCUT2D eigenvalue weighted by Gasteiger charge is -2.08. The average Bonchev–Trinajstić information content (AvgIpc) is 2.41. The molecule has 98 valence electrons. The third kappa shape index (κ3) is 3.02. The van der Waals surface area contributed by atoms with Crippen LogP contribution in [0.25, 0.3) is 0 Å². The zero-order valence-corrected chi connectivity index (χ0v) is 11.6. The zero-order valence-electron chi connectivity index (χ0n) is 10.00. The number of hydrogen-bond donors (Lipinski definition) is 1. The van der Waals surface area contributed by atoms with Crippen LogP contribution in [0.15, 0.2) is 29.3 Å². The highest BCUT2D eigenvalue weighted by atomic mass is 79.9. The molecule has 2 heterocycles. The molecule has 0 spiro atoms. The largest absolute Gasteiger partial charge is 0.363 e. The normalized spacial score (nSPS) is 10.2. The molecule has 0 aliphatic carbocycles. The second-order valence-electron chi connectivity index (χ2n) is 3.74. The number of anilines is 1. The monoisotopic (exact) mass is 323 g/mol. The first kappa shape index (κ1) is 13.3. The van der Waals surface area contributed by atoms with E-state index in [0.717, 1.165) is 5.69 Å². The maximum absolute atomic E-state index is 10.8. The minimum atomic E-state index is -0.457. The molecule has 2 aromatic heterocycles. The topological polar surface area (TPSA) is 93.8 Å². The fourth-order valence-electron chi connectivity index (χ4n) is 1.47. The predicted molar refractivity (Wildman–Crippen MR) is 72.7 cm³/mol. The lowest BCUT2D eigenvalue weighted by Crippen LogP contribution is -2.05. The van der Waals surface area contributed by atoms with Gasteiger partial charge in [0.05, 0.1) is 21.6 Å². The van der Waals surface area contributed by atoms with Crippen molar-refractivity contribution in [3.8, 4) is 0 Å². The molecule has 1 N–H and O–H groups in total. The Kier molecular flexibility index (Phi) is 4.00. The van der Waals surface area contributed by atoms with Crippen molar-refractivity contribution in [1.29, 1.82) is 0 Å². The number of nitrogens with zero attached hydrogens (tertiary/aromatic N) is 4. The molecule has 0 aromatic carbocycles. The van der Waals surface area contributed by atoms with Crippen LogP contribution in [0.4, 0.5) is 11.5 Å². The highest BCUT2D eigenvalue weighted by Crippen LogP contribution is 2.30. The Morgan fingerprint density at radius 3 is 2.89 bits per heavy atom. The molecule has 7 nitrogen and oxygen atoms in total. The number of hydrogen-bond acceptors (Lipinski definition) is 6. The standard InChI is InChI=1S/C11H10BrN5O2/c1-7-9(17(18)19)5-15-11(10(7)12)14-4-8-2-3-13-6-16-8/h2-3,5-6H,4H2,1H3,(H,14,15). The Bertz CT molecular complexity index is 606. The van der Waals surface area contributed by atoms with Crippen molar-refractivity contribution in [2.75, 3.05) is 5.32 Å². The average molecular weight is 324 g/mol. The number of rotatable bonds is 4. The van der Waals surface area contributed by atoms with Crippen LogP contribution in [-0.4, -0.2) is 19.9 Å². The van der Waals surface area contributed by atoms with E-state index in [4.69, 9.17) is 0 Å². The van der Waals surface area contributed by atoms with Crippen molar-refractivity contribution in [2.24, 2.45) is 0 Å². The minimum absolute atomic E-state index is 0.0144. The number of halogens is 1. The fourth-order valence-corrected chi connectivity index (χ4v) is 1.92. The molecule has 19 heavy (non-hydrogen) atoms. The molecular weight excluding hydrogens is 314 g/mol. The van der Waals surface area contributed by atoms with E-state index in [2.05, 4.69) is 36.2 Å². The van der Waals surface area contributed by atoms with Crippen LogP contribution in [0.3, 0.4) is 0 Å². The summed E-state index contributed by atoms with van der Waals surface area (Å²) in [5.74, 6) is 0.543. The van der Waals surface area contributed by atoms with Crippen molar-refractivity contribution < 1.29 is 4.92 Å². The van der Waals surface area contributed by atoms with Gasteiger partial charge in [-0.05, 0) is 28.9 Å². The van der Waals surface area contributed by atoms with E-state index < -0.39 is 4.92 Å². The number of aromatic nitrogens is 3. The number of nitrogens with one attached hydrogen (secondary N) is 1. The van der Waals surface area contributed by atoms with E-state index in [1.165, 1.54) is 12.5 Å². The van der Waals surface area contributed by atoms with E-state index in [0.29, 0.717) is 22.4 Å². The van der Waals surface area contributed by atoms with Gasteiger partial charge in [-0.25, -0.2) is 15.0 Å². The van der Waals surface area contributed by atoms with Crippen molar-refractivity contribution >= 4 is 27.4 Å². The molecule has 0 saturated carbocycles. The second kappa shape index (κ2) is 5.70. The predicted octanol–water partition coefficient (Wildman–Crippen LogP) is 2.46. The Morgan fingerprint density at radius 2 is 2.26 bits per heavy atom. The lowest BCUT2D eigenvalue weighted by atomic mass is 10.2. The maximum Gasteiger partial charge on any atom is 0.291 e. The van der Waals surface area contributed by atoms with E-state index >= 15 is 0 Å². The van der Waals surface area contributed by atoms with Gasteiger partial charge >= 0.3 is 0 Å². The fraction of sp³-hybridized carbons (Fsp3) is 0.182. The van der Waals surface area contributed by atoms with Crippen LogP contribution < -0.4 is 5.32 Å². The van der Waals surface area contributed by atoms with Crippen LogP contribution in [-0.2, 0) is 6.54 Å². The summed E-state index contributed by atoms with van der Waals surface area (Å²) in [5, 5.41) is 13.8. The van der Waals surface area contributed by atoms with Gasteiger partial charge in [0.15, 0.2) is 0 Å². The summed E-state index contributed by atoms with van der Waals surface area (Å²) in [6.45, 7) is 2.13. The molecule has 0 saturated heterocycles. The van der Waals surface area contributed by atoms with E-state index in [1.54, 1.807) is 19.2 Å². The number of nitro groups is 1. The third-order valence-electron chi connectivity index (χ3n) is 2.51. The molecule has 0 amide bonds. The summed E-state index contributed by atoms with van der Waals surface area (Å²) >= 11 is 3.31. The molecule has 0 bridgehead atoms. The van der Waals surface area contributed by atoms with Crippen LogP contribution in [0.1, 0.15) is 11.3 Å². The van der Waals surface area contributed by atoms with Gasteiger partial charge in [0.25, 0.3) is 5.69 Å². The minimum Gasteiger partial charge on any atom is -0.363 e. The quantitative estimate of drug-likeness (QED) is 0.686. The van der Waals surface area contributed by atoms with Crippen molar-refractivity contribution in [2.45, 2.75) is 13.5 Å².